The lowest BCUT2D eigenvalue weighted by atomic mass is 10.1. The standard InChI is InChI=1S/C11H11NOS/c1-7-2-3-10(9-6-8(7)9)14-11-12-4-5-13-11/h2-5,8-9H,6H2,1H3. The minimum Gasteiger partial charge on any atom is -0.440 e. The molecule has 0 radical (unpaired) electrons. The van der Waals surface area contributed by atoms with Gasteiger partial charge < -0.3 is 4.42 Å². The van der Waals surface area contributed by atoms with Gasteiger partial charge in [0.05, 0.1) is 6.20 Å². The van der Waals surface area contributed by atoms with Gasteiger partial charge in [0.15, 0.2) is 0 Å². The highest BCUT2D eigenvalue weighted by Crippen LogP contribution is 2.55. The van der Waals surface area contributed by atoms with E-state index < -0.39 is 0 Å². The van der Waals surface area contributed by atoms with Crippen LogP contribution < -0.4 is 0 Å². The van der Waals surface area contributed by atoms with E-state index in [9.17, 15) is 0 Å². The predicted molar refractivity (Wildman–Crippen MR) is 55.8 cm³/mol. The number of rotatable bonds is 2. The first-order valence-electron chi connectivity index (χ1n) is 4.80. The molecule has 1 heterocycles. The molecule has 2 atom stereocenters. The second-order valence-corrected chi connectivity index (χ2v) is 4.85. The summed E-state index contributed by atoms with van der Waals surface area (Å²) >= 11 is 1.66. The van der Waals surface area contributed by atoms with Crippen molar-refractivity contribution in [3.05, 3.63) is 35.1 Å². The molecule has 72 valence electrons. The van der Waals surface area contributed by atoms with Gasteiger partial charge in [-0.1, -0.05) is 17.7 Å². The molecule has 1 aromatic heterocycles. The Kier molecular flexibility index (Phi) is 1.80. The van der Waals surface area contributed by atoms with Gasteiger partial charge in [0.2, 0.25) is 0 Å². The lowest BCUT2D eigenvalue weighted by Crippen LogP contribution is -1.92. The number of fused-ring (bicyclic) bond motifs is 1. The van der Waals surface area contributed by atoms with Gasteiger partial charge >= 0.3 is 0 Å². The van der Waals surface area contributed by atoms with E-state index in [-0.39, 0.29) is 0 Å². The third-order valence-corrected chi connectivity index (χ3v) is 3.92. The predicted octanol–water partition coefficient (Wildman–Crippen LogP) is 3.25. The summed E-state index contributed by atoms with van der Waals surface area (Å²) in [6.45, 7) is 2.22. The number of nitrogens with zero attached hydrogens (tertiary/aromatic N) is 1. The van der Waals surface area contributed by atoms with Crippen molar-refractivity contribution in [3.63, 3.8) is 0 Å². The van der Waals surface area contributed by atoms with Crippen LogP contribution in [0.15, 0.2) is 44.7 Å². The highest BCUT2D eigenvalue weighted by Gasteiger charge is 2.42. The maximum atomic E-state index is 5.22. The van der Waals surface area contributed by atoms with Crippen molar-refractivity contribution in [3.8, 4) is 0 Å². The zero-order chi connectivity index (χ0) is 9.54. The zero-order valence-electron chi connectivity index (χ0n) is 7.93. The molecular formula is C11H11NOS. The molecule has 2 unspecified atom stereocenters. The van der Waals surface area contributed by atoms with Crippen molar-refractivity contribution in [1.29, 1.82) is 0 Å². The van der Waals surface area contributed by atoms with Crippen LogP contribution in [0.25, 0.3) is 0 Å². The van der Waals surface area contributed by atoms with Crippen LogP contribution in [-0.4, -0.2) is 4.98 Å². The molecule has 0 aromatic carbocycles. The minimum absolute atomic E-state index is 0.747. The molecular weight excluding hydrogens is 194 g/mol. The fraction of sp³-hybridized carbons (Fsp3) is 0.364. The Hall–Kier alpha value is -0.960. The molecule has 0 spiro atoms. The Morgan fingerprint density at radius 1 is 1.43 bits per heavy atom. The third kappa shape index (κ3) is 1.32. The topological polar surface area (TPSA) is 26.0 Å². The Balaban J connectivity index is 1.81. The van der Waals surface area contributed by atoms with E-state index in [1.807, 2.05) is 0 Å². The summed E-state index contributed by atoms with van der Waals surface area (Å²) in [5.41, 5.74) is 1.52. The number of hydrogen-bond donors (Lipinski definition) is 0. The molecule has 0 aliphatic heterocycles. The first-order valence-corrected chi connectivity index (χ1v) is 5.62. The van der Waals surface area contributed by atoms with Crippen LogP contribution in [0.2, 0.25) is 0 Å². The number of hydrogen-bond acceptors (Lipinski definition) is 3. The van der Waals surface area contributed by atoms with Gasteiger partial charge in [0.1, 0.15) is 6.26 Å². The van der Waals surface area contributed by atoms with Gasteiger partial charge in [0, 0.05) is 0 Å². The van der Waals surface area contributed by atoms with Crippen LogP contribution in [0.1, 0.15) is 13.3 Å². The highest BCUT2D eigenvalue weighted by atomic mass is 32.2. The molecule has 0 saturated heterocycles. The Morgan fingerprint density at radius 2 is 2.36 bits per heavy atom. The van der Waals surface area contributed by atoms with E-state index in [4.69, 9.17) is 4.42 Å². The van der Waals surface area contributed by atoms with Gasteiger partial charge in [-0.3, -0.25) is 0 Å². The number of oxazole rings is 1. The molecule has 1 fully saturated rings. The van der Waals surface area contributed by atoms with Gasteiger partial charge in [-0.2, -0.15) is 0 Å². The number of thioether (sulfide) groups is 1. The second-order valence-electron chi connectivity index (χ2n) is 3.83. The summed E-state index contributed by atoms with van der Waals surface area (Å²) in [6, 6.07) is 0. The zero-order valence-corrected chi connectivity index (χ0v) is 8.75. The van der Waals surface area contributed by atoms with Crippen molar-refractivity contribution in [2.45, 2.75) is 18.6 Å². The van der Waals surface area contributed by atoms with E-state index in [1.54, 1.807) is 24.2 Å². The summed E-state index contributed by atoms with van der Waals surface area (Å²) in [5.74, 6) is 1.55. The van der Waals surface area contributed by atoms with E-state index in [0.29, 0.717) is 0 Å². The van der Waals surface area contributed by atoms with Crippen molar-refractivity contribution in [2.24, 2.45) is 11.8 Å². The van der Waals surface area contributed by atoms with Crippen LogP contribution in [0.3, 0.4) is 0 Å². The second kappa shape index (κ2) is 3.02. The molecule has 1 aromatic rings. The molecule has 0 N–H and O–H groups in total. The normalized spacial score (nSPS) is 29.2. The lowest BCUT2D eigenvalue weighted by molar-refractivity contribution is 0.454. The summed E-state index contributed by atoms with van der Waals surface area (Å²) in [4.78, 5) is 5.52. The number of allylic oxidation sites excluding steroid dienone is 4. The fourth-order valence-corrected chi connectivity index (χ4v) is 2.91. The van der Waals surface area contributed by atoms with Crippen LogP contribution in [0, 0.1) is 11.8 Å². The Bertz CT molecular complexity index is 405. The molecule has 3 rings (SSSR count). The first-order chi connectivity index (χ1) is 6.84. The van der Waals surface area contributed by atoms with E-state index >= 15 is 0 Å². The Morgan fingerprint density at radius 3 is 3.14 bits per heavy atom. The maximum absolute atomic E-state index is 5.22. The molecule has 2 nitrogen and oxygen atoms in total. The van der Waals surface area contributed by atoms with E-state index in [2.05, 4.69) is 24.1 Å². The molecule has 3 heteroatoms. The van der Waals surface area contributed by atoms with Crippen LogP contribution in [0.4, 0.5) is 0 Å². The third-order valence-electron chi connectivity index (χ3n) is 2.87. The molecule has 2 aliphatic rings. The largest absolute Gasteiger partial charge is 0.440 e. The van der Waals surface area contributed by atoms with Crippen molar-refractivity contribution < 1.29 is 4.42 Å². The highest BCUT2D eigenvalue weighted by molar-refractivity contribution is 8.02. The number of aromatic nitrogens is 1. The van der Waals surface area contributed by atoms with Gasteiger partial charge in [-0.05, 0) is 41.8 Å². The quantitative estimate of drug-likeness (QED) is 0.741. The molecule has 2 aliphatic carbocycles. The summed E-state index contributed by atoms with van der Waals surface area (Å²) in [5, 5.41) is 0.759. The SMILES string of the molecule is CC1=CC=C(Sc2ncco2)C2CC12. The Labute approximate surface area is 87.1 Å². The molecule has 0 bridgehead atoms. The summed E-state index contributed by atoms with van der Waals surface area (Å²) in [7, 11) is 0. The maximum Gasteiger partial charge on any atom is 0.260 e. The lowest BCUT2D eigenvalue weighted by Gasteiger charge is -2.08. The average molecular weight is 205 g/mol. The van der Waals surface area contributed by atoms with Crippen LogP contribution in [0.5, 0.6) is 0 Å². The fourth-order valence-electron chi connectivity index (χ4n) is 1.94. The monoisotopic (exact) mass is 205 g/mol. The van der Waals surface area contributed by atoms with Gasteiger partial charge in [-0.15, -0.1) is 0 Å². The molecule has 14 heavy (non-hydrogen) atoms. The molecule has 1 saturated carbocycles. The van der Waals surface area contributed by atoms with Crippen LogP contribution >= 0.6 is 11.8 Å². The minimum atomic E-state index is 0.747. The van der Waals surface area contributed by atoms with Crippen molar-refractivity contribution in [2.75, 3.05) is 0 Å². The van der Waals surface area contributed by atoms with Crippen LogP contribution in [-0.2, 0) is 0 Å². The van der Waals surface area contributed by atoms with Crippen molar-refractivity contribution in [1.82, 2.24) is 4.98 Å². The van der Waals surface area contributed by atoms with Crippen molar-refractivity contribution >= 4 is 11.8 Å². The van der Waals surface area contributed by atoms with Gasteiger partial charge in [-0.25, -0.2) is 4.98 Å². The average Bonchev–Trinajstić information content (AvgIpc) is 2.84. The van der Waals surface area contributed by atoms with Gasteiger partial charge in [0.25, 0.3) is 5.22 Å². The van der Waals surface area contributed by atoms with E-state index in [1.165, 1.54) is 16.9 Å². The van der Waals surface area contributed by atoms with E-state index in [0.717, 1.165) is 17.1 Å². The first kappa shape index (κ1) is 8.36. The smallest absolute Gasteiger partial charge is 0.260 e. The summed E-state index contributed by atoms with van der Waals surface area (Å²) < 4.78 is 5.22. The molecule has 0 amide bonds. The summed E-state index contributed by atoms with van der Waals surface area (Å²) in [6.07, 6.45) is 9.05.